The lowest BCUT2D eigenvalue weighted by Gasteiger charge is -2.36. The van der Waals surface area contributed by atoms with Gasteiger partial charge in [0.1, 0.15) is 17.8 Å². The van der Waals surface area contributed by atoms with Crippen LogP contribution in [-0.4, -0.2) is 58.9 Å². The van der Waals surface area contributed by atoms with Gasteiger partial charge in [-0.25, -0.2) is 0 Å². The summed E-state index contributed by atoms with van der Waals surface area (Å²) in [6.07, 6.45) is 3.22. The highest BCUT2D eigenvalue weighted by molar-refractivity contribution is 6.32. The van der Waals surface area contributed by atoms with E-state index in [0.29, 0.717) is 28.9 Å². The number of methoxy groups -OCH3 is 1. The van der Waals surface area contributed by atoms with E-state index in [-0.39, 0.29) is 12.5 Å². The largest absolute Gasteiger partial charge is 0.495 e. The molecule has 9 heteroatoms. The van der Waals surface area contributed by atoms with Crippen LogP contribution in [0.3, 0.4) is 0 Å². The fourth-order valence-electron chi connectivity index (χ4n) is 3.35. The molecule has 1 amide bonds. The molecule has 2 aromatic heterocycles. The highest BCUT2D eigenvalue weighted by Gasteiger charge is 2.22. The summed E-state index contributed by atoms with van der Waals surface area (Å²) in [4.78, 5) is 21.0. The number of benzene rings is 1. The zero-order valence-corrected chi connectivity index (χ0v) is 16.8. The van der Waals surface area contributed by atoms with Gasteiger partial charge in [-0.2, -0.15) is 5.10 Å². The molecule has 0 bridgehead atoms. The van der Waals surface area contributed by atoms with Crippen LogP contribution in [0.25, 0.3) is 11.0 Å². The van der Waals surface area contributed by atoms with E-state index in [4.69, 9.17) is 27.9 Å². The second-order valence-corrected chi connectivity index (χ2v) is 7.39. The number of anilines is 1. The van der Waals surface area contributed by atoms with E-state index < -0.39 is 0 Å². The molecule has 1 saturated heterocycles. The molecule has 1 aliphatic heterocycles. The number of rotatable bonds is 4. The fourth-order valence-corrected chi connectivity index (χ4v) is 3.69. The van der Waals surface area contributed by atoms with Crippen molar-refractivity contribution in [2.45, 2.75) is 6.54 Å². The van der Waals surface area contributed by atoms with Crippen molar-refractivity contribution in [3.63, 3.8) is 0 Å². The molecule has 0 atom stereocenters. The first-order valence-electron chi connectivity index (χ1n) is 8.88. The van der Waals surface area contributed by atoms with Crippen LogP contribution in [0.1, 0.15) is 0 Å². The van der Waals surface area contributed by atoms with E-state index in [1.165, 1.54) is 0 Å². The summed E-state index contributed by atoms with van der Waals surface area (Å²) >= 11 is 12.1. The van der Waals surface area contributed by atoms with Crippen LogP contribution in [0.15, 0.2) is 36.7 Å². The van der Waals surface area contributed by atoms with Crippen molar-refractivity contribution >= 4 is 45.8 Å². The topological polar surface area (TPSA) is 63.5 Å². The molecule has 0 N–H and O–H groups in total. The number of halogens is 2. The summed E-state index contributed by atoms with van der Waals surface area (Å²) in [5.74, 6) is 0.675. The molecule has 4 rings (SSSR count). The van der Waals surface area contributed by atoms with Crippen LogP contribution in [0, 0.1) is 0 Å². The maximum Gasteiger partial charge on any atom is 0.244 e. The number of piperazine rings is 1. The van der Waals surface area contributed by atoms with Crippen molar-refractivity contribution in [3.8, 4) is 5.75 Å². The molecule has 3 heterocycles. The Balaban J connectivity index is 1.40. The molecule has 0 radical (unpaired) electrons. The number of hydrogen-bond acceptors (Lipinski definition) is 5. The van der Waals surface area contributed by atoms with Gasteiger partial charge in [-0.1, -0.05) is 23.2 Å². The molecule has 146 valence electrons. The minimum absolute atomic E-state index is 0.0262. The Morgan fingerprint density at radius 1 is 1.14 bits per heavy atom. The molecule has 1 fully saturated rings. The second kappa shape index (κ2) is 7.85. The standard InChI is InChI=1S/C19H19Cl2N5O2/c1-28-18-9-14(2-3-15(18)21)24-4-6-25(7-5-24)19(27)12-26-17-8-13(20)10-22-16(17)11-23-26/h2-3,8-11H,4-7,12H2,1H3. The van der Waals surface area contributed by atoms with E-state index in [0.717, 1.165) is 29.8 Å². The van der Waals surface area contributed by atoms with Gasteiger partial charge in [0.15, 0.2) is 0 Å². The molecular weight excluding hydrogens is 401 g/mol. The number of hydrogen-bond donors (Lipinski definition) is 0. The van der Waals surface area contributed by atoms with Crippen LogP contribution in [0.2, 0.25) is 10.0 Å². The van der Waals surface area contributed by atoms with Crippen molar-refractivity contribution in [1.82, 2.24) is 19.7 Å². The first-order chi connectivity index (χ1) is 13.5. The van der Waals surface area contributed by atoms with Crippen LogP contribution >= 0.6 is 23.2 Å². The van der Waals surface area contributed by atoms with E-state index in [1.54, 1.807) is 30.3 Å². The number of aromatic nitrogens is 3. The highest BCUT2D eigenvalue weighted by atomic mass is 35.5. The average molecular weight is 420 g/mol. The Morgan fingerprint density at radius 2 is 1.93 bits per heavy atom. The Morgan fingerprint density at radius 3 is 2.68 bits per heavy atom. The maximum absolute atomic E-state index is 12.7. The van der Waals surface area contributed by atoms with Crippen LogP contribution in [0.4, 0.5) is 5.69 Å². The zero-order valence-electron chi connectivity index (χ0n) is 15.3. The number of pyridine rings is 1. The van der Waals surface area contributed by atoms with Gasteiger partial charge in [-0.05, 0) is 18.2 Å². The summed E-state index contributed by atoms with van der Waals surface area (Å²) in [5.41, 5.74) is 2.51. The summed E-state index contributed by atoms with van der Waals surface area (Å²) in [6.45, 7) is 2.93. The third-order valence-corrected chi connectivity index (χ3v) is 5.40. The molecule has 1 aliphatic rings. The van der Waals surface area contributed by atoms with Crippen LogP contribution in [0.5, 0.6) is 5.75 Å². The molecule has 0 aliphatic carbocycles. The van der Waals surface area contributed by atoms with E-state index in [1.807, 2.05) is 23.1 Å². The summed E-state index contributed by atoms with van der Waals surface area (Å²) in [5, 5.41) is 5.38. The van der Waals surface area contributed by atoms with Crippen molar-refractivity contribution in [2.75, 3.05) is 38.2 Å². The normalized spacial score (nSPS) is 14.5. The Hall–Kier alpha value is -2.51. The van der Waals surface area contributed by atoms with Crippen molar-refractivity contribution < 1.29 is 9.53 Å². The molecule has 1 aromatic carbocycles. The van der Waals surface area contributed by atoms with Gasteiger partial charge in [0.05, 0.1) is 28.9 Å². The Kier molecular flexibility index (Phi) is 5.28. The van der Waals surface area contributed by atoms with Gasteiger partial charge in [0.25, 0.3) is 0 Å². The Bertz CT molecular complexity index is 1010. The van der Waals surface area contributed by atoms with Gasteiger partial charge in [-0.15, -0.1) is 0 Å². The van der Waals surface area contributed by atoms with Crippen molar-refractivity contribution in [3.05, 3.63) is 46.7 Å². The summed E-state index contributed by atoms with van der Waals surface area (Å²) in [6, 6.07) is 7.49. The lowest BCUT2D eigenvalue weighted by Crippen LogP contribution is -2.49. The molecule has 3 aromatic rings. The maximum atomic E-state index is 12.7. The summed E-state index contributed by atoms with van der Waals surface area (Å²) < 4.78 is 6.94. The van der Waals surface area contributed by atoms with Gasteiger partial charge < -0.3 is 14.5 Å². The van der Waals surface area contributed by atoms with Crippen LogP contribution in [-0.2, 0) is 11.3 Å². The first kappa shape index (κ1) is 18.8. The van der Waals surface area contributed by atoms with E-state index in [9.17, 15) is 4.79 Å². The fraction of sp³-hybridized carbons (Fsp3) is 0.316. The molecule has 0 unspecified atom stereocenters. The monoisotopic (exact) mass is 419 g/mol. The lowest BCUT2D eigenvalue weighted by molar-refractivity contribution is -0.132. The van der Waals surface area contributed by atoms with Crippen molar-refractivity contribution in [1.29, 1.82) is 0 Å². The predicted octanol–water partition coefficient (Wildman–Crippen LogP) is 3.10. The smallest absolute Gasteiger partial charge is 0.244 e. The van der Waals surface area contributed by atoms with E-state index >= 15 is 0 Å². The van der Waals surface area contributed by atoms with Gasteiger partial charge in [0.2, 0.25) is 5.91 Å². The first-order valence-corrected chi connectivity index (χ1v) is 9.64. The highest BCUT2D eigenvalue weighted by Crippen LogP contribution is 2.29. The number of fused-ring (bicyclic) bond motifs is 1. The third-order valence-electron chi connectivity index (χ3n) is 4.88. The lowest BCUT2D eigenvalue weighted by atomic mass is 10.2. The van der Waals surface area contributed by atoms with Crippen LogP contribution < -0.4 is 9.64 Å². The molecule has 0 spiro atoms. The second-order valence-electron chi connectivity index (χ2n) is 6.55. The summed E-state index contributed by atoms with van der Waals surface area (Å²) in [7, 11) is 1.60. The van der Waals surface area contributed by atoms with Gasteiger partial charge in [0, 0.05) is 44.1 Å². The number of carbonyl (C=O) groups is 1. The number of carbonyl (C=O) groups excluding carboxylic acids is 1. The molecule has 28 heavy (non-hydrogen) atoms. The minimum atomic E-state index is 0.0262. The number of amides is 1. The zero-order chi connectivity index (χ0) is 19.7. The Labute approximate surface area is 172 Å². The SMILES string of the molecule is COc1cc(N2CCN(C(=O)Cn3ncc4ncc(Cl)cc43)CC2)ccc1Cl. The third kappa shape index (κ3) is 3.72. The molecular formula is C19H19Cl2N5O2. The minimum Gasteiger partial charge on any atom is -0.495 e. The van der Waals surface area contributed by atoms with Gasteiger partial charge >= 0.3 is 0 Å². The average Bonchev–Trinajstić information content (AvgIpc) is 3.10. The number of ether oxygens (including phenoxy) is 1. The molecule has 0 saturated carbocycles. The van der Waals surface area contributed by atoms with Gasteiger partial charge in [-0.3, -0.25) is 14.5 Å². The number of nitrogens with zero attached hydrogens (tertiary/aromatic N) is 5. The predicted molar refractivity (Wildman–Crippen MR) is 109 cm³/mol. The van der Waals surface area contributed by atoms with E-state index in [2.05, 4.69) is 15.0 Å². The van der Waals surface area contributed by atoms with Crippen molar-refractivity contribution in [2.24, 2.45) is 0 Å². The molecule has 7 nitrogen and oxygen atoms in total. The quantitative estimate of drug-likeness (QED) is 0.649.